The van der Waals surface area contributed by atoms with Gasteiger partial charge in [-0.25, -0.2) is 0 Å². The first kappa shape index (κ1) is 10.9. The zero-order valence-electron chi connectivity index (χ0n) is 11.0. The van der Waals surface area contributed by atoms with Crippen LogP contribution in [0, 0.1) is 5.92 Å². The summed E-state index contributed by atoms with van der Waals surface area (Å²) >= 11 is 0. The van der Waals surface area contributed by atoms with E-state index < -0.39 is 0 Å². The lowest BCUT2D eigenvalue weighted by Gasteiger charge is -2.24. The highest BCUT2D eigenvalue weighted by molar-refractivity contribution is 5.78. The van der Waals surface area contributed by atoms with Crippen molar-refractivity contribution in [3.63, 3.8) is 0 Å². The van der Waals surface area contributed by atoms with Gasteiger partial charge in [-0.1, -0.05) is 43.3 Å². The number of hydrogen-bond acceptors (Lipinski definition) is 1. The van der Waals surface area contributed by atoms with Crippen LogP contribution in [0.15, 0.2) is 42.5 Å². The number of ether oxygens (including phenoxy) is 1. The van der Waals surface area contributed by atoms with Crippen molar-refractivity contribution in [3.05, 3.63) is 59.2 Å². The summed E-state index contributed by atoms with van der Waals surface area (Å²) < 4.78 is 5.85. The van der Waals surface area contributed by atoms with Gasteiger partial charge in [0.1, 0.15) is 12.4 Å². The molecule has 1 heteroatoms. The molecule has 1 atom stereocenters. The second kappa shape index (κ2) is 3.99. The normalized spacial score (nSPS) is 19.1. The molecule has 0 spiro atoms. The molecule has 0 fully saturated rings. The maximum absolute atomic E-state index is 5.85. The molecule has 1 heterocycles. The summed E-state index contributed by atoms with van der Waals surface area (Å²) in [6.45, 7) is 2.96. The van der Waals surface area contributed by atoms with E-state index in [0.717, 1.165) is 12.2 Å². The van der Waals surface area contributed by atoms with E-state index in [0.29, 0.717) is 12.5 Å². The van der Waals surface area contributed by atoms with Crippen molar-refractivity contribution in [2.45, 2.75) is 20.0 Å². The van der Waals surface area contributed by atoms with E-state index in [1.165, 1.54) is 27.8 Å². The number of benzene rings is 2. The maximum Gasteiger partial charge on any atom is 0.127 e. The van der Waals surface area contributed by atoms with Crippen molar-refractivity contribution >= 4 is 6.08 Å². The Morgan fingerprint density at radius 1 is 1.05 bits per heavy atom. The van der Waals surface area contributed by atoms with Crippen LogP contribution in [0.5, 0.6) is 5.75 Å². The Morgan fingerprint density at radius 3 is 2.89 bits per heavy atom. The van der Waals surface area contributed by atoms with Gasteiger partial charge in [0.2, 0.25) is 0 Å². The molecule has 0 saturated carbocycles. The molecule has 0 saturated heterocycles. The Morgan fingerprint density at radius 2 is 1.95 bits per heavy atom. The average Bonchev–Trinajstić information content (AvgIpc) is 2.45. The average molecular weight is 248 g/mol. The fourth-order valence-electron chi connectivity index (χ4n) is 3.07. The largest absolute Gasteiger partial charge is 0.488 e. The molecule has 1 aliphatic heterocycles. The minimum Gasteiger partial charge on any atom is -0.488 e. The van der Waals surface area contributed by atoms with Crippen LogP contribution in [-0.2, 0) is 13.0 Å². The molecule has 2 aliphatic rings. The van der Waals surface area contributed by atoms with Crippen LogP contribution in [0.3, 0.4) is 0 Å². The highest BCUT2D eigenvalue weighted by Gasteiger charge is 2.20. The van der Waals surface area contributed by atoms with Crippen LogP contribution in [0.4, 0.5) is 0 Å². The molecule has 0 amide bonds. The van der Waals surface area contributed by atoms with Gasteiger partial charge in [0, 0.05) is 5.56 Å². The van der Waals surface area contributed by atoms with Crippen molar-refractivity contribution < 1.29 is 4.74 Å². The summed E-state index contributed by atoms with van der Waals surface area (Å²) in [4.78, 5) is 0. The van der Waals surface area contributed by atoms with E-state index in [4.69, 9.17) is 4.74 Å². The Kier molecular flexibility index (Phi) is 2.28. The lowest BCUT2D eigenvalue weighted by Crippen LogP contribution is -2.09. The highest BCUT2D eigenvalue weighted by atomic mass is 16.5. The SMILES string of the molecule is CC1C=Cc2cc3c(cc2C1)COc1ccccc1-3. The second-order valence-electron chi connectivity index (χ2n) is 5.53. The Bertz CT molecular complexity index is 682. The highest BCUT2D eigenvalue weighted by Crippen LogP contribution is 2.39. The topological polar surface area (TPSA) is 9.23 Å². The van der Waals surface area contributed by atoms with Gasteiger partial charge in [0.15, 0.2) is 0 Å². The molecule has 0 radical (unpaired) electrons. The molecule has 4 rings (SSSR count). The minimum atomic E-state index is 0.641. The van der Waals surface area contributed by atoms with Crippen LogP contribution >= 0.6 is 0 Å². The standard InChI is InChI=1S/C18H16O/c1-12-6-7-13-10-17-15(9-14(13)8-12)11-19-18-5-3-2-4-16(17)18/h2-7,9-10,12H,8,11H2,1H3. The maximum atomic E-state index is 5.85. The van der Waals surface area contributed by atoms with E-state index in [1.807, 2.05) is 6.07 Å². The molecule has 1 nitrogen and oxygen atoms in total. The Balaban J connectivity index is 1.92. The number of fused-ring (bicyclic) bond motifs is 4. The van der Waals surface area contributed by atoms with Crippen LogP contribution in [0.25, 0.3) is 17.2 Å². The molecule has 0 N–H and O–H groups in total. The van der Waals surface area contributed by atoms with E-state index in [2.05, 4.69) is 49.4 Å². The summed E-state index contributed by atoms with van der Waals surface area (Å²) in [5, 5.41) is 0. The first-order valence-corrected chi connectivity index (χ1v) is 6.87. The molecule has 2 aromatic carbocycles. The molecule has 1 aliphatic carbocycles. The summed E-state index contributed by atoms with van der Waals surface area (Å²) in [7, 11) is 0. The molecule has 0 aromatic heterocycles. The van der Waals surface area contributed by atoms with E-state index in [-0.39, 0.29) is 0 Å². The van der Waals surface area contributed by atoms with Crippen molar-refractivity contribution in [1.82, 2.24) is 0 Å². The molecule has 19 heavy (non-hydrogen) atoms. The van der Waals surface area contributed by atoms with Crippen LogP contribution in [-0.4, -0.2) is 0 Å². The van der Waals surface area contributed by atoms with E-state index in [1.54, 1.807) is 0 Å². The summed E-state index contributed by atoms with van der Waals surface area (Å²) in [5.74, 6) is 1.64. The van der Waals surface area contributed by atoms with Crippen LogP contribution < -0.4 is 4.74 Å². The van der Waals surface area contributed by atoms with Gasteiger partial charge in [0.25, 0.3) is 0 Å². The predicted molar refractivity (Wildman–Crippen MR) is 78.1 cm³/mol. The monoisotopic (exact) mass is 248 g/mol. The van der Waals surface area contributed by atoms with E-state index in [9.17, 15) is 0 Å². The van der Waals surface area contributed by atoms with Gasteiger partial charge in [-0.3, -0.25) is 0 Å². The summed E-state index contributed by atoms with van der Waals surface area (Å²) in [5.41, 5.74) is 6.70. The third-order valence-electron chi connectivity index (χ3n) is 4.07. The van der Waals surface area contributed by atoms with Crippen LogP contribution in [0.2, 0.25) is 0 Å². The molecular weight excluding hydrogens is 232 g/mol. The first-order valence-electron chi connectivity index (χ1n) is 6.87. The molecule has 1 unspecified atom stereocenters. The zero-order valence-corrected chi connectivity index (χ0v) is 11.0. The summed E-state index contributed by atoms with van der Waals surface area (Å²) in [6.07, 6.45) is 5.71. The number of allylic oxidation sites excluding steroid dienone is 1. The van der Waals surface area contributed by atoms with Gasteiger partial charge in [0.05, 0.1) is 0 Å². The fraction of sp³-hybridized carbons (Fsp3) is 0.222. The Hall–Kier alpha value is -2.02. The first-order chi connectivity index (χ1) is 9.31. The van der Waals surface area contributed by atoms with Crippen LogP contribution in [0.1, 0.15) is 23.6 Å². The smallest absolute Gasteiger partial charge is 0.127 e. The van der Waals surface area contributed by atoms with Crippen molar-refractivity contribution in [2.75, 3.05) is 0 Å². The predicted octanol–water partition coefficient (Wildman–Crippen LogP) is 4.45. The third-order valence-corrected chi connectivity index (χ3v) is 4.07. The zero-order chi connectivity index (χ0) is 12.8. The second-order valence-corrected chi connectivity index (χ2v) is 5.53. The van der Waals surface area contributed by atoms with Gasteiger partial charge in [-0.05, 0) is 46.7 Å². The number of para-hydroxylation sites is 1. The summed E-state index contributed by atoms with van der Waals surface area (Å²) in [6, 6.07) is 13.0. The minimum absolute atomic E-state index is 0.641. The van der Waals surface area contributed by atoms with Crippen molar-refractivity contribution in [1.29, 1.82) is 0 Å². The fourth-order valence-corrected chi connectivity index (χ4v) is 3.07. The third kappa shape index (κ3) is 1.69. The number of rotatable bonds is 0. The molecule has 94 valence electrons. The lowest BCUT2D eigenvalue weighted by atomic mass is 9.85. The molecule has 0 bridgehead atoms. The molecule has 2 aromatic rings. The quantitative estimate of drug-likeness (QED) is 0.669. The van der Waals surface area contributed by atoms with Crippen molar-refractivity contribution in [2.24, 2.45) is 5.92 Å². The van der Waals surface area contributed by atoms with Gasteiger partial charge in [-0.2, -0.15) is 0 Å². The van der Waals surface area contributed by atoms with E-state index >= 15 is 0 Å². The Labute approximate surface area is 113 Å². The van der Waals surface area contributed by atoms with Crippen molar-refractivity contribution in [3.8, 4) is 16.9 Å². The van der Waals surface area contributed by atoms with Gasteiger partial charge in [-0.15, -0.1) is 0 Å². The van der Waals surface area contributed by atoms with Gasteiger partial charge >= 0.3 is 0 Å². The lowest BCUT2D eigenvalue weighted by molar-refractivity contribution is 0.302. The van der Waals surface area contributed by atoms with Gasteiger partial charge < -0.3 is 4.74 Å². The number of hydrogen-bond donors (Lipinski definition) is 0. The molecular formula is C18H16O.